The first-order chi connectivity index (χ1) is 6.43. The van der Waals surface area contributed by atoms with E-state index in [4.69, 9.17) is 11.6 Å². The molecule has 0 N–H and O–H groups in total. The van der Waals surface area contributed by atoms with E-state index in [-0.39, 0.29) is 4.47 Å². The summed E-state index contributed by atoms with van der Waals surface area (Å²) in [5.74, 6) is -1.19. The summed E-state index contributed by atoms with van der Waals surface area (Å²) in [6.45, 7) is 0. The molecule has 0 radical (unpaired) electrons. The van der Waals surface area contributed by atoms with Crippen molar-refractivity contribution < 1.29 is 18.0 Å². The van der Waals surface area contributed by atoms with Crippen LogP contribution in [0.1, 0.15) is 22.6 Å². The van der Waals surface area contributed by atoms with Crippen molar-refractivity contribution in [2.24, 2.45) is 0 Å². The molecule has 2 nitrogen and oxygen atoms in total. The van der Waals surface area contributed by atoms with Gasteiger partial charge in [0.05, 0.1) is 4.47 Å². The van der Waals surface area contributed by atoms with Crippen LogP contribution in [-0.2, 0) is 0 Å². The molecule has 0 atom stereocenters. The van der Waals surface area contributed by atoms with Crippen molar-refractivity contribution in [1.82, 2.24) is 4.98 Å². The molecule has 0 bridgehead atoms. The van der Waals surface area contributed by atoms with Crippen molar-refractivity contribution in [3.63, 3.8) is 0 Å². The molecule has 14 heavy (non-hydrogen) atoms. The molecule has 0 aromatic carbocycles. The number of pyridine rings is 1. The SMILES string of the molecule is O=C(Cl)c1cc(Br)c(F)c(C(F)F)n1. The van der Waals surface area contributed by atoms with Gasteiger partial charge in [0.2, 0.25) is 0 Å². The van der Waals surface area contributed by atoms with Gasteiger partial charge in [0.25, 0.3) is 11.7 Å². The molecule has 76 valence electrons. The lowest BCUT2D eigenvalue weighted by atomic mass is 10.3. The second kappa shape index (κ2) is 4.27. The van der Waals surface area contributed by atoms with E-state index < -0.39 is 28.9 Å². The van der Waals surface area contributed by atoms with Gasteiger partial charge in [-0.05, 0) is 33.6 Å². The third-order valence-corrected chi connectivity index (χ3v) is 2.12. The fourth-order valence-electron chi connectivity index (χ4n) is 0.762. The zero-order valence-electron chi connectivity index (χ0n) is 6.40. The fraction of sp³-hybridized carbons (Fsp3) is 0.143. The second-order valence-corrected chi connectivity index (χ2v) is 3.46. The van der Waals surface area contributed by atoms with Gasteiger partial charge in [-0.3, -0.25) is 4.79 Å². The first kappa shape index (κ1) is 11.5. The van der Waals surface area contributed by atoms with Crippen molar-refractivity contribution in [3.05, 3.63) is 27.7 Å². The molecule has 1 rings (SSSR count). The third kappa shape index (κ3) is 2.24. The highest BCUT2D eigenvalue weighted by atomic mass is 79.9. The van der Waals surface area contributed by atoms with Crippen LogP contribution >= 0.6 is 27.5 Å². The molecule has 0 unspecified atom stereocenters. The molecule has 0 aliphatic carbocycles. The van der Waals surface area contributed by atoms with E-state index >= 15 is 0 Å². The van der Waals surface area contributed by atoms with Gasteiger partial charge in [-0.2, -0.15) is 0 Å². The highest BCUT2D eigenvalue weighted by Gasteiger charge is 2.20. The van der Waals surface area contributed by atoms with Crippen LogP contribution in [0.3, 0.4) is 0 Å². The third-order valence-electron chi connectivity index (χ3n) is 1.35. The molecule has 0 aliphatic heterocycles. The van der Waals surface area contributed by atoms with E-state index in [2.05, 4.69) is 20.9 Å². The van der Waals surface area contributed by atoms with Crippen LogP contribution in [-0.4, -0.2) is 10.2 Å². The van der Waals surface area contributed by atoms with Crippen LogP contribution in [0, 0.1) is 5.82 Å². The Hall–Kier alpha value is -0.620. The van der Waals surface area contributed by atoms with Crippen LogP contribution in [0.4, 0.5) is 13.2 Å². The number of carbonyl (C=O) groups excluding carboxylic acids is 1. The topological polar surface area (TPSA) is 30.0 Å². The van der Waals surface area contributed by atoms with Gasteiger partial charge in [0.15, 0.2) is 5.82 Å². The molecule has 7 heteroatoms. The molecular weight excluding hydrogens is 286 g/mol. The zero-order valence-corrected chi connectivity index (χ0v) is 8.74. The van der Waals surface area contributed by atoms with Crippen LogP contribution in [0.5, 0.6) is 0 Å². The van der Waals surface area contributed by atoms with Crippen molar-refractivity contribution in [3.8, 4) is 0 Å². The maximum atomic E-state index is 13.0. The lowest BCUT2D eigenvalue weighted by Crippen LogP contribution is -2.03. The van der Waals surface area contributed by atoms with Crippen molar-refractivity contribution >= 4 is 32.8 Å². The van der Waals surface area contributed by atoms with Crippen LogP contribution in [0.15, 0.2) is 10.5 Å². The minimum absolute atomic E-state index is 0.271. The monoisotopic (exact) mass is 287 g/mol. The van der Waals surface area contributed by atoms with E-state index in [1.54, 1.807) is 0 Å². The minimum Gasteiger partial charge on any atom is -0.274 e. The molecular formula is C7H2BrClF3NO. The quantitative estimate of drug-likeness (QED) is 0.782. The number of nitrogens with zero attached hydrogens (tertiary/aromatic N) is 1. The Morgan fingerprint density at radius 3 is 2.57 bits per heavy atom. The fourth-order valence-corrected chi connectivity index (χ4v) is 1.28. The summed E-state index contributed by atoms with van der Waals surface area (Å²) >= 11 is 7.69. The van der Waals surface area contributed by atoms with Gasteiger partial charge in [-0.1, -0.05) is 0 Å². The Morgan fingerprint density at radius 1 is 1.57 bits per heavy atom. The highest BCUT2D eigenvalue weighted by molar-refractivity contribution is 9.10. The summed E-state index contributed by atoms with van der Waals surface area (Å²) in [5, 5.41) is -1.02. The van der Waals surface area contributed by atoms with Gasteiger partial charge >= 0.3 is 0 Å². The Morgan fingerprint density at radius 2 is 2.14 bits per heavy atom. The minimum atomic E-state index is -3.10. The summed E-state index contributed by atoms with van der Waals surface area (Å²) < 4.78 is 37.0. The average Bonchev–Trinajstić information content (AvgIpc) is 2.08. The number of hydrogen-bond acceptors (Lipinski definition) is 2. The van der Waals surface area contributed by atoms with E-state index in [0.29, 0.717) is 0 Å². The Kier molecular flexibility index (Phi) is 3.49. The zero-order chi connectivity index (χ0) is 10.9. The Balaban J connectivity index is 3.35. The maximum Gasteiger partial charge on any atom is 0.283 e. The molecule has 0 saturated carbocycles. The molecule has 0 spiro atoms. The molecule has 1 aromatic heterocycles. The Labute approximate surface area is 90.2 Å². The smallest absolute Gasteiger partial charge is 0.274 e. The number of alkyl halides is 2. The second-order valence-electron chi connectivity index (χ2n) is 2.26. The highest BCUT2D eigenvalue weighted by Crippen LogP contribution is 2.26. The van der Waals surface area contributed by atoms with Crippen LogP contribution in [0.25, 0.3) is 0 Å². The number of aromatic nitrogens is 1. The first-order valence-corrected chi connectivity index (χ1v) is 4.44. The van der Waals surface area contributed by atoms with E-state index in [9.17, 15) is 18.0 Å². The molecule has 0 saturated heterocycles. The molecule has 0 amide bonds. The number of rotatable bonds is 2. The van der Waals surface area contributed by atoms with Gasteiger partial charge in [-0.25, -0.2) is 18.2 Å². The molecule has 1 heterocycles. The van der Waals surface area contributed by atoms with E-state index in [0.717, 1.165) is 6.07 Å². The largest absolute Gasteiger partial charge is 0.283 e. The van der Waals surface area contributed by atoms with Gasteiger partial charge in [0.1, 0.15) is 11.4 Å². The number of halogens is 5. The van der Waals surface area contributed by atoms with Crippen molar-refractivity contribution in [2.75, 3.05) is 0 Å². The lowest BCUT2D eigenvalue weighted by molar-refractivity contribution is 0.107. The summed E-state index contributed by atoms with van der Waals surface area (Å²) in [4.78, 5) is 13.7. The van der Waals surface area contributed by atoms with Gasteiger partial charge < -0.3 is 0 Å². The van der Waals surface area contributed by atoms with Crippen molar-refractivity contribution in [1.29, 1.82) is 0 Å². The number of hydrogen-bond donors (Lipinski definition) is 0. The van der Waals surface area contributed by atoms with Gasteiger partial charge in [-0.15, -0.1) is 0 Å². The first-order valence-electron chi connectivity index (χ1n) is 3.27. The summed E-state index contributed by atoms with van der Waals surface area (Å²) in [5.41, 5.74) is -1.52. The van der Waals surface area contributed by atoms with Crippen molar-refractivity contribution in [2.45, 2.75) is 6.43 Å². The summed E-state index contributed by atoms with van der Waals surface area (Å²) in [7, 11) is 0. The molecule has 1 aromatic rings. The predicted octanol–water partition coefficient (Wildman–Crippen LogP) is 3.30. The van der Waals surface area contributed by atoms with E-state index in [1.165, 1.54) is 0 Å². The standard InChI is InChI=1S/C7H2BrClF3NO/c8-2-1-3(6(9)14)13-5(4(2)10)7(11)12/h1,7H. The summed E-state index contributed by atoms with van der Waals surface area (Å²) in [6, 6.07) is 0.941. The van der Waals surface area contributed by atoms with Crippen LogP contribution in [0.2, 0.25) is 0 Å². The molecule has 0 fully saturated rings. The number of carbonyl (C=O) groups is 1. The van der Waals surface area contributed by atoms with Gasteiger partial charge in [0, 0.05) is 0 Å². The predicted molar refractivity (Wildman–Crippen MR) is 47.0 cm³/mol. The maximum absolute atomic E-state index is 13.0. The van der Waals surface area contributed by atoms with Crippen LogP contribution < -0.4 is 0 Å². The Bertz CT molecular complexity index is 385. The normalized spacial score (nSPS) is 10.7. The molecule has 0 aliphatic rings. The summed E-state index contributed by atoms with van der Waals surface area (Å²) in [6.07, 6.45) is -3.10. The average molecular weight is 288 g/mol. The van der Waals surface area contributed by atoms with E-state index in [1.807, 2.05) is 0 Å². The lowest BCUT2D eigenvalue weighted by Gasteiger charge is -2.04.